The average Bonchev–Trinajstić information content (AvgIpc) is 2.64. The predicted molar refractivity (Wildman–Crippen MR) is 87.5 cm³/mol. The summed E-state index contributed by atoms with van der Waals surface area (Å²) >= 11 is 0. The first kappa shape index (κ1) is 16.3. The lowest BCUT2D eigenvalue weighted by atomic mass is 10.1. The summed E-state index contributed by atoms with van der Waals surface area (Å²) in [6.07, 6.45) is 2.03. The molecule has 7 heteroatoms. The number of hydrogen-bond acceptors (Lipinski definition) is 5. The van der Waals surface area contributed by atoms with Crippen molar-refractivity contribution in [2.75, 3.05) is 37.7 Å². The normalized spacial score (nSPS) is 14.5. The second kappa shape index (κ2) is 7.83. The predicted octanol–water partition coefficient (Wildman–Crippen LogP) is 1.42. The molecule has 1 fully saturated rings. The van der Waals surface area contributed by atoms with E-state index in [-0.39, 0.29) is 11.7 Å². The molecular formula is C17H19FN4O2. The van der Waals surface area contributed by atoms with E-state index in [0.29, 0.717) is 31.9 Å². The molecule has 0 aliphatic carbocycles. The monoisotopic (exact) mass is 330 g/mol. The standard InChI is InChI=1S/C17H19FN4O2/c18-14-3-1-13(2-4-14)5-6-19-17(23)15-11-16(21-12-20-15)22-7-9-24-10-8-22/h1-4,11-12H,5-10H2,(H,19,23). The van der Waals surface area contributed by atoms with E-state index in [1.165, 1.54) is 18.5 Å². The highest BCUT2D eigenvalue weighted by Crippen LogP contribution is 2.12. The number of hydrogen-bond donors (Lipinski definition) is 1. The third kappa shape index (κ3) is 4.26. The summed E-state index contributed by atoms with van der Waals surface area (Å²) < 4.78 is 18.2. The van der Waals surface area contributed by atoms with Crippen LogP contribution in [0.5, 0.6) is 0 Å². The summed E-state index contributed by atoms with van der Waals surface area (Å²) in [7, 11) is 0. The SMILES string of the molecule is O=C(NCCc1ccc(F)cc1)c1cc(N2CCOCC2)ncn1. The van der Waals surface area contributed by atoms with Crippen molar-refractivity contribution in [1.82, 2.24) is 15.3 Å². The number of anilines is 1. The summed E-state index contributed by atoms with van der Waals surface area (Å²) in [5, 5.41) is 2.83. The van der Waals surface area contributed by atoms with Gasteiger partial charge in [0.05, 0.1) is 13.2 Å². The van der Waals surface area contributed by atoms with Crippen LogP contribution in [0.15, 0.2) is 36.7 Å². The van der Waals surface area contributed by atoms with Crippen molar-refractivity contribution in [2.45, 2.75) is 6.42 Å². The summed E-state index contributed by atoms with van der Waals surface area (Å²) in [6.45, 7) is 3.28. The Hall–Kier alpha value is -2.54. The zero-order valence-corrected chi connectivity index (χ0v) is 13.2. The fourth-order valence-electron chi connectivity index (χ4n) is 2.50. The van der Waals surface area contributed by atoms with Gasteiger partial charge in [0.15, 0.2) is 0 Å². The van der Waals surface area contributed by atoms with Crippen molar-refractivity contribution in [3.63, 3.8) is 0 Å². The molecule has 0 unspecified atom stereocenters. The van der Waals surface area contributed by atoms with E-state index in [1.54, 1.807) is 18.2 Å². The molecule has 2 heterocycles. The number of carbonyl (C=O) groups excluding carboxylic acids is 1. The van der Waals surface area contributed by atoms with Crippen LogP contribution in [0.3, 0.4) is 0 Å². The fraction of sp³-hybridized carbons (Fsp3) is 0.353. The van der Waals surface area contributed by atoms with Gasteiger partial charge in [-0.05, 0) is 24.1 Å². The Labute approximate surface area is 139 Å². The molecule has 3 rings (SSSR count). The quantitative estimate of drug-likeness (QED) is 0.898. The number of rotatable bonds is 5. The Morgan fingerprint density at radius 2 is 1.96 bits per heavy atom. The Morgan fingerprint density at radius 1 is 1.21 bits per heavy atom. The number of amides is 1. The van der Waals surface area contributed by atoms with Gasteiger partial charge in [-0.2, -0.15) is 0 Å². The van der Waals surface area contributed by atoms with E-state index < -0.39 is 0 Å². The fourth-order valence-corrected chi connectivity index (χ4v) is 2.50. The van der Waals surface area contributed by atoms with E-state index in [2.05, 4.69) is 20.2 Å². The van der Waals surface area contributed by atoms with Crippen LogP contribution in [-0.4, -0.2) is 48.7 Å². The van der Waals surface area contributed by atoms with Gasteiger partial charge in [-0.15, -0.1) is 0 Å². The molecule has 1 aliphatic rings. The smallest absolute Gasteiger partial charge is 0.270 e. The molecule has 126 valence electrons. The Kier molecular flexibility index (Phi) is 5.32. The molecule has 0 radical (unpaired) electrons. The molecule has 1 N–H and O–H groups in total. The lowest BCUT2D eigenvalue weighted by Gasteiger charge is -2.27. The Bertz CT molecular complexity index is 687. The number of benzene rings is 1. The van der Waals surface area contributed by atoms with Gasteiger partial charge in [0.2, 0.25) is 0 Å². The van der Waals surface area contributed by atoms with Crippen LogP contribution in [0.1, 0.15) is 16.1 Å². The van der Waals surface area contributed by atoms with Crippen LogP contribution in [0, 0.1) is 5.82 Å². The summed E-state index contributed by atoms with van der Waals surface area (Å²) in [4.78, 5) is 22.6. The number of nitrogens with zero attached hydrogens (tertiary/aromatic N) is 3. The van der Waals surface area contributed by atoms with Gasteiger partial charge in [0.25, 0.3) is 5.91 Å². The van der Waals surface area contributed by atoms with Crippen LogP contribution < -0.4 is 10.2 Å². The highest BCUT2D eigenvalue weighted by molar-refractivity contribution is 5.92. The number of nitrogens with one attached hydrogen (secondary N) is 1. The second-order valence-electron chi connectivity index (χ2n) is 5.49. The zero-order chi connectivity index (χ0) is 16.8. The lowest BCUT2D eigenvalue weighted by Crippen LogP contribution is -2.37. The summed E-state index contributed by atoms with van der Waals surface area (Å²) in [5.74, 6) is 0.227. The second-order valence-corrected chi connectivity index (χ2v) is 5.49. The number of morpholine rings is 1. The molecule has 0 atom stereocenters. The summed E-state index contributed by atoms with van der Waals surface area (Å²) in [5.41, 5.74) is 1.30. The molecule has 0 bridgehead atoms. The number of carbonyl (C=O) groups is 1. The maximum absolute atomic E-state index is 12.9. The minimum Gasteiger partial charge on any atom is -0.378 e. The maximum Gasteiger partial charge on any atom is 0.270 e. The zero-order valence-electron chi connectivity index (χ0n) is 13.2. The highest BCUT2D eigenvalue weighted by atomic mass is 19.1. The number of aromatic nitrogens is 2. The lowest BCUT2D eigenvalue weighted by molar-refractivity contribution is 0.0949. The number of ether oxygens (including phenoxy) is 1. The summed E-state index contributed by atoms with van der Waals surface area (Å²) in [6, 6.07) is 7.94. The van der Waals surface area contributed by atoms with Crippen LogP contribution in [-0.2, 0) is 11.2 Å². The van der Waals surface area contributed by atoms with Crippen molar-refractivity contribution < 1.29 is 13.9 Å². The van der Waals surface area contributed by atoms with Gasteiger partial charge >= 0.3 is 0 Å². The molecular weight excluding hydrogens is 311 g/mol. The third-order valence-electron chi connectivity index (χ3n) is 3.83. The van der Waals surface area contributed by atoms with Gasteiger partial charge in [-0.1, -0.05) is 12.1 Å². The van der Waals surface area contributed by atoms with E-state index in [0.717, 1.165) is 24.5 Å². The first-order valence-electron chi connectivity index (χ1n) is 7.90. The molecule has 24 heavy (non-hydrogen) atoms. The van der Waals surface area contributed by atoms with Crippen molar-refractivity contribution in [2.24, 2.45) is 0 Å². The Morgan fingerprint density at radius 3 is 2.71 bits per heavy atom. The third-order valence-corrected chi connectivity index (χ3v) is 3.83. The van der Waals surface area contributed by atoms with Crippen LogP contribution in [0.4, 0.5) is 10.2 Å². The van der Waals surface area contributed by atoms with Crippen molar-refractivity contribution >= 4 is 11.7 Å². The topological polar surface area (TPSA) is 67.4 Å². The maximum atomic E-state index is 12.9. The molecule has 1 aliphatic heterocycles. The van der Waals surface area contributed by atoms with Crippen LogP contribution in [0.2, 0.25) is 0 Å². The largest absolute Gasteiger partial charge is 0.378 e. The van der Waals surface area contributed by atoms with E-state index in [4.69, 9.17) is 4.74 Å². The molecule has 1 aromatic carbocycles. The van der Waals surface area contributed by atoms with E-state index in [1.807, 2.05) is 0 Å². The molecule has 0 saturated carbocycles. The Balaban J connectivity index is 1.55. The highest BCUT2D eigenvalue weighted by Gasteiger charge is 2.15. The number of halogens is 1. The van der Waals surface area contributed by atoms with Gasteiger partial charge in [-0.25, -0.2) is 14.4 Å². The van der Waals surface area contributed by atoms with E-state index >= 15 is 0 Å². The van der Waals surface area contributed by atoms with Gasteiger partial charge in [0, 0.05) is 25.7 Å². The minimum absolute atomic E-state index is 0.242. The molecule has 1 aromatic heterocycles. The molecule has 2 aromatic rings. The van der Waals surface area contributed by atoms with Gasteiger partial charge in [0.1, 0.15) is 23.7 Å². The van der Waals surface area contributed by atoms with E-state index in [9.17, 15) is 9.18 Å². The first-order valence-corrected chi connectivity index (χ1v) is 7.90. The van der Waals surface area contributed by atoms with Crippen LogP contribution in [0.25, 0.3) is 0 Å². The average molecular weight is 330 g/mol. The molecule has 1 amide bonds. The van der Waals surface area contributed by atoms with Crippen LogP contribution >= 0.6 is 0 Å². The minimum atomic E-state index is -0.264. The molecule has 0 spiro atoms. The van der Waals surface area contributed by atoms with Crippen molar-refractivity contribution in [3.05, 3.63) is 53.7 Å². The molecule has 1 saturated heterocycles. The van der Waals surface area contributed by atoms with Gasteiger partial charge < -0.3 is 15.0 Å². The van der Waals surface area contributed by atoms with Crippen molar-refractivity contribution in [1.29, 1.82) is 0 Å². The first-order chi connectivity index (χ1) is 11.7. The van der Waals surface area contributed by atoms with Crippen molar-refractivity contribution in [3.8, 4) is 0 Å². The van der Waals surface area contributed by atoms with Gasteiger partial charge in [-0.3, -0.25) is 4.79 Å². The molecule has 6 nitrogen and oxygen atoms in total.